The molecule has 1 unspecified atom stereocenters. The Morgan fingerprint density at radius 1 is 1.08 bits per heavy atom. The molecule has 134 valence electrons. The van der Waals surface area contributed by atoms with Gasteiger partial charge in [0, 0.05) is 11.3 Å². The molecule has 0 aromatic heterocycles. The smallest absolute Gasteiger partial charge is 0.282 e. The Hall–Kier alpha value is -2.13. The standard InChI is InChI=1S/C22H30N2O/c1-6-16(2)20-13-9-10-14-21(20)23-22(25)18(4)24(5)15-19-12-8-7-11-17(19)3/h7-14,16,18H,6,15H2,1-5H3,(H,23,25)/p+1/t16-,18+/m0/s1. The molecule has 0 radical (unpaired) electrons. The molecule has 3 nitrogen and oxygen atoms in total. The quantitative estimate of drug-likeness (QED) is 0.795. The Morgan fingerprint density at radius 2 is 1.72 bits per heavy atom. The number of rotatable bonds is 7. The number of aryl methyl sites for hydroxylation is 1. The van der Waals surface area contributed by atoms with Gasteiger partial charge in [-0.25, -0.2) is 0 Å². The van der Waals surface area contributed by atoms with E-state index in [-0.39, 0.29) is 11.9 Å². The van der Waals surface area contributed by atoms with Gasteiger partial charge in [0.15, 0.2) is 6.04 Å². The van der Waals surface area contributed by atoms with Gasteiger partial charge in [0.05, 0.1) is 7.05 Å². The number of likely N-dealkylation sites (N-methyl/N-ethyl adjacent to an activating group) is 1. The minimum atomic E-state index is -0.121. The Bertz CT molecular complexity index is 711. The number of carbonyl (C=O) groups excluding carboxylic acids is 1. The predicted octanol–water partition coefficient (Wildman–Crippen LogP) is 3.55. The zero-order chi connectivity index (χ0) is 18.4. The van der Waals surface area contributed by atoms with Gasteiger partial charge in [-0.15, -0.1) is 0 Å². The maximum atomic E-state index is 12.8. The molecule has 25 heavy (non-hydrogen) atoms. The lowest BCUT2D eigenvalue weighted by atomic mass is 9.97. The number of anilines is 1. The summed E-state index contributed by atoms with van der Waals surface area (Å²) in [6.07, 6.45) is 1.06. The van der Waals surface area contributed by atoms with Crippen LogP contribution in [0.2, 0.25) is 0 Å². The normalized spacial score (nSPS) is 14.6. The van der Waals surface area contributed by atoms with Gasteiger partial charge < -0.3 is 10.2 Å². The lowest BCUT2D eigenvalue weighted by molar-refractivity contribution is -0.907. The van der Waals surface area contributed by atoms with Crippen LogP contribution in [0.4, 0.5) is 5.69 Å². The van der Waals surface area contributed by atoms with E-state index in [1.165, 1.54) is 21.6 Å². The highest BCUT2D eigenvalue weighted by Gasteiger charge is 2.23. The molecule has 0 aliphatic heterocycles. The van der Waals surface area contributed by atoms with E-state index in [4.69, 9.17) is 0 Å². The number of carbonyl (C=O) groups is 1. The van der Waals surface area contributed by atoms with Crippen LogP contribution in [-0.2, 0) is 11.3 Å². The molecule has 2 N–H and O–H groups in total. The highest BCUT2D eigenvalue weighted by molar-refractivity contribution is 5.94. The van der Waals surface area contributed by atoms with Crippen molar-refractivity contribution in [3.63, 3.8) is 0 Å². The van der Waals surface area contributed by atoms with E-state index >= 15 is 0 Å². The van der Waals surface area contributed by atoms with E-state index in [1.807, 2.05) is 25.1 Å². The van der Waals surface area contributed by atoms with Crippen LogP contribution in [-0.4, -0.2) is 19.0 Å². The number of amides is 1. The molecule has 0 fully saturated rings. The first-order chi connectivity index (χ1) is 11.9. The van der Waals surface area contributed by atoms with Crippen molar-refractivity contribution in [3.05, 3.63) is 65.2 Å². The van der Waals surface area contributed by atoms with E-state index in [9.17, 15) is 4.79 Å². The topological polar surface area (TPSA) is 33.5 Å². The Labute approximate surface area is 152 Å². The average Bonchev–Trinajstić information content (AvgIpc) is 2.62. The molecular formula is C22H31N2O+. The summed E-state index contributed by atoms with van der Waals surface area (Å²) >= 11 is 0. The second-order valence-electron chi connectivity index (χ2n) is 7.06. The minimum Gasteiger partial charge on any atom is -0.324 e. The highest BCUT2D eigenvalue weighted by atomic mass is 16.2. The van der Waals surface area contributed by atoms with E-state index < -0.39 is 0 Å². The first-order valence-electron chi connectivity index (χ1n) is 9.20. The van der Waals surface area contributed by atoms with Gasteiger partial charge >= 0.3 is 0 Å². The number of para-hydroxylation sites is 1. The number of nitrogens with one attached hydrogen (secondary N) is 2. The minimum absolute atomic E-state index is 0.0711. The van der Waals surface area contributed by atoms with Gasteiger partial charge in [0.1, 0.15) is 6.54 Å². The maximum Gasteiger partial charge on any atom is 0.282 e. The summed E-state index contributed by atoms with van der Waals surface area (Å²) < 4.78 is 0. The fourth-order valence-electron chi connectivity index (χ4n) is 2.99. The summed E-state index contributed by atoms with van der Waals surface area (Å²) in [4.78, 5) is 13.9. The Morgan fingerprint density at radius 3 is 2.40 bits per heavy atom. The Kier molecular flexibility index (Phi) is 6.77. The fraction of sp³-hybridized carbons (Fsp3) is 0.409. The van der Waals surface area contributed by atoms with Crippen molar-refractivity contribution in [1.29, 1.82) is 0 Å². The van der Waals surface area contributed by atoms with Gasteiger partial charge in [-0.05, 0) is 43.4 Å². The molecule has 3 atom stereocenters. The van der Waals surface area contributed by atoms with Gasteiger partial charge in [-0.3, -0.25) is 4.79 Å². The largest absolute Gasteiger partial charge is 0.324 e. The molecule has 0 bridgehead atoms. The first kappa shape index (κ1) is 19.2. The van der Waals surface area contributed by atoms with Gasteiger partial charge in [-0.2, -0.15) is 0 Å². The van der Waals surface area contributed by atoms with E-state index in [1.54, 1.807) is 0 Å². The van der Waals surface area contributed by atoms with Crippen molar-refractivity contribution < 1.29 is 9.69 Å². The van der Waals surface area contributed by atoms with Crippen molar-refractivity contribution >= 4 is 11.6 Å². The summed E-state index contributed by atoms with van der Waals surface area (Å²) in [6, 6.07) is 16.4. The molecule has 1 amide bonds. The summed E-state index contributed by atoms with van der Waals surface area (Å²) in [7, 11) is 2.08. The summed E-state index contributed by atoms with van der Waals surface area (Å²) in [5.41, 5.74) is 4.72. The van der Waals surface area contributed by atoms with Crippen LogP contribution >= 0.6 is 0 Å². The van der Waals surface area contributed by atoms with E-state index in [2.05, 4.69) is 63.5 Å². The van der Waals surface area contributed by atoms with Gasteiger partial charge in [-0.1, -0.05) is 56.3 Å². The van der Waals surface area contributed by atoms with Crippen LogP contribution < -0.4 is 10.2 Å². The molecule has 0 spiro atoms. The van der Waals surface area contributed by atoms with E-state index in [0.29, 0.717) is 5.92 Å². The van der Waals surface area contributed by atoms with Crippen molar-refractivity contribution in [2.24, 2.45) is 0 Å². The first-order valence-corrected chi connectivity index (χ1v) is 9.20. The molecule has 3 heteroatoms. The summed E-state index contributed by atoms with van der Waals surface area (Å²) in [5.74, 6) is 0.505. The number of hydrogen-bond donors (Lipinski definition) is 2. The third-order valence-corrected chi connectivity index (χ3v) is 5.22. The third kappa shape index (κ3) is 4.93. The molecule has 2 rings (SSSR count). The molecule has 2 aromatic carbocycles. The fourth-order valence-corrected chi connectivity index (χ4v) is 2.99. The van der Waals surface area contributed by atoms with E-state index in [0.717, 1.165) is 18.7 Å². The van der Waals surface area contributed by atoms with Crippen LogP contribution in [0.5, 0.6) is 0 Å². The van der Waals surface area contributed by atoms with Gasteiger partial charge in [0.2, 0.25) is 0 Å². The maximum absolute atomic E-state index is 12.8. The molecule has 0 heterocycles. The Balaban J connectivity index is 2.07. The van der Waals surface area contributed by atoms with Crippen molar-refractivity contribution in [1.82, 2.24) is 0 Å². The van der Waals surface area contributed by atoms with Crippen LogP contribution in [0.1, 0.15) is 49.8 Å². The lowest BCUT2D eigenvalue weighted by Gasteiger charge is -2.23. The van der Waals surface area contributed by atoms with Crippen molar-refractivity contribution in [3.8, 4) is 0 Å². The summed E-state index contributed by atoms with van der Waals surface area (Å²) in [5, 5.41) is 3.15. The van der Waals surface area contributed by atoms with Gasteiger partial charge in [0.25, 0.3) is 5.91 Å². The molecule has 0 aliphatic rings. The lowest BCUT2D eigenvalue weighted by Crippen LogP contribution is -3.12. The average molecular weight is 340 g/mol. The highest BCUT2D eigenvalue weighted by Crippen LogP contribution is 2.26. The second-order valence-corrected chi connectivity index (χ2v) is 7.06. The van der Waals surface area contributed by atoms with Crippen LogP contribution in [0.15, 0.2) is 48.5 Å². The second kappa shape index (κ2) is 8.82. The number of hydrogen-bond acceptors (Lipinski definition) is 1. The van der Waals surface area contributed by atoms with Crippen LogP contribution in [0.25, 0.3) is 0 Å². The monoisotopic (exact) mass is 339 g/mol. The van der Waals surface area contributed by atoms with Crippen molar-refractivity contribution in [2.75, 3.05) is 12.4 Å². The van der Waals surface area contributed by atoms with Crippen LogP contribution in [0, 0.1) is 6.92 Å². The zero-order valence-electron chi connectivity index (χ0n) is 16.1. The molecular weight excluding hydrogens is 308 g/mol. The molecule has 0 saturated heterocycles. The number of quaternary nitrogens is 1. The third-order valence-electron chi connectivity index (χ3n) is 5.22. The predicted molar refractivity (Wildman–Crippen MR) is 105 cm³/mol. The number of benzene rings is 2. The van der Waals surface area contributed by atoms with Crippen molar-refractivity contribution in [2.45, 2.75) is 52.6 Å². The molecule has 0 aliphatic carbocycles. The molecule has 0 saturated carbocycles. The SMILES string of the molecule is CC[C@H](C)c1ccccc1NC(=O)[C@@H](C)[NH+](C)Cc1ccccc1C. The van der Waals surface area contributed by atoms with Crippen LogP contribution in [0.3, 0.4) is 0 Å². The zero-order valence-corrected chi connectivity index (χ0v) is 16.1. The summed E-state index contributed by atoms with van der Waals surface area (Å²) in [6.45, 7) is 9.33. The molecule has 2 aromatic rings.